The maximum absolute atomic E-state index is 4.38. The van der Waals surface area contributed by atoms with Crippen LogP contribution in [0.25, 0.3) is 0 Å². The Hall–Kier alpha value is -1.74. The van der Waals surface area contributed by atoms with E-state index in [9.17, 15) is 0 Å². The summed E-state index contributed by atoms with van der Waals surface area (Å²) in [6.07, 6.45) is 3.47. The molecule has 18 heavy (non-hydrogen) atoms. The summed E-state index contributed by atoms with van der Waals surface area (Å²) in [5.74, 6) is 0. The fourth-order valence-corrected chi connectivity index (χ4v) is 1.92. The van der Waals surface area contributed by atoms with Gasteiger partial charge in [-0.2, -0.15) is 0 Å². The van der Waals surface area contributed by atoms with Gasteiger partial charge >= 0.3 is 0 Å². The molecule has 0 radical (unpaired) electrons. The Morgan fingerprint density at radius 3 is 2.39 bits per heavy atom. The third kappa shape index (κ3) is 3.14. The second-order valence-corrected chi connectivity index (χ2v) is 4.62. The van der Waals surface area contributed by atoms with Crippen molar-refractivity contribution in [1.29, 1.82) is 0 Å². The first-order valence-corrected chi connectivity index (χ1v) is 6.23. The minimum atomic E-state index is 0.208. The lowest BCUT2D eigenvalue weighted by Crippen LogP contribution is -2.20. The van der Waals surface area contributed by atoms with Crippen LogP contribution in [0.2, 0.25) is 0 Å². The lowest BCUT2D eigenvalue weighted by atomic mass is 10.1. The summed E-state index contributed by atoms with van der Waals surface area (Å²) in [5.41, 5.74) is 4.58. The Morgan fingerprint density at radius 2 is 1.72 bits per heavy atom. The van der Waals surface area contributed by atoms with Crippen LogP contribution in [-0.4, -0.2) is 9.97 Å². The summed E-state index contributed by atoms with van der Waals surface area (Å²) in [7, 11) is 0. The molecule has 1 unspecified atom stereocenters. The fourth-order valence-electron chi connectivity index (χ4n) is 1.92. The minimum Gasteiger partial charge on any atom is -0.305 e. The molecular formula is C15H19N3. The number of benzene rings is 1. The Labute approximate surface area is 108 Å². The quantitative estimate of drug-likeness (QED) is 0.894. The van der Waals surface area contributed by atoms with E-state index in [1.54, 1.807) is 12.4 Å². The lowest BCUT2D eigenvalue weighted by molar-refractivity contribution is 0.555. The van der Waals surface area contributed by atoms with Gasteiger partial charge in [-0.1, -0.05) is 29.8 Å². The van der Waals surface area contributed by atoms with E-state index < -0.39 is 0 Å². The van der Waals surface area contributed by atoms with Crippen molar-refractivity contribution in [2.24, 2.45) is 0 Å². The average molecular weight is 241 g/mol. The molecule has 3 nitrogen and oxygen atoms in total. The van der Waals surface area contributed by atoms with Crippen molar-refractivity contribution in [3.8, 4) is 0 Å². The highest BCUT2D eigenvalue weighted by molar-refractivity contribution is 5.21. The van der Waals surface area contributed by atoms with Gasteiger partial charge in [-0.3, -0.25) is 9.97 Å². The minimum absolute atomic E-state index is 0.208. The maximum atomic E-state index is 4.38. The molecule has 1 heterocycles. The van der Waals surface area contributed by atoms with Crippen LogP contribution in [0.4, 0.5) is 0 Å². The third-order valence-electron chi connectivity index (χ3n) is 3.06. The molecule has 1 N–H and O–H groups in total. The van der Waals surface area contributed by atoms with E-state index in [1.807, 2.05) is 6.92 Å². The van der Waals surface area contributed by atoms with Crippen molar-refractivity contribution in [2.45, 2.75) is 33.4 Å². The normalized spacial score (nSPS) is 12.4. The highest BCUT2D eigenvalue weighted by Gasteiger charge is 2.09. The molecule has 0 aliphatic heterocycles. The van der Waals surface area contributed by atoms with Crippen LogP contribution in [0.1, 0.15) is 35.5 Å². The van der Waals surface area contributed by atoms with Gasteiger partial charge in [0.05, 0.1) is 11.4 Å². The van der Waals surface area contributed by atoms with E-state index in [0.717, 1.165) is 17.9 Å². The van der Waals surface area contributed by atoms with Gasteiger partial charge in [-0.15, -0.1) is 0 Å². The van der Waals surface area contributed by atoms with Crippen molar-refractivity contribution in [3.63, 3.8) is 0 Å². The molecule has 0 saturated heterocycles. The number of hydrogen-bond acceptors (Lipinski definition) is 3. The molecule has 0 aliphatic rings. The predicted molar refractivity (Wildman–Crippen MR) is 73.2 cm³/mol. The monoisotopic (exact) mass is 241 g/mol. The van der Waals surface area contributed by atoms with Crippen LogP contribution in [0.5, 0.6) is 0 Å². The van der Waals surface area contributed by atoms with Crippen LogP contribution in [0.3, 0.4) is 0 Å². The highest BCUT2D eigenvalue weighted by Crippen LogP contribution is 2.12. The molecule has 1 atom stereocenters. The number of hydrogen-bond donors (Lipinski definition) is 1. The second-order valence-electron chi connectivity index (χ2n) is 4.62. The van der Waals surface area contributed by atoms with E-state index in [1.165, 1.54) is 11.1 Å². The fraction of sp³-hybridized carbons (Fsp3) is 0.333. The molecular weight excluding hydrogens is 222 g/mol. The molecule has 2 rings (SSSR count). The zero-order valence-corrected chi connectivity index (χ0v) is 11.1. The van der Waals surface area contributed by atoms with Crippen molar-refractivity contribution >= 4 is 0 Å². The van der Waals surface area contributed by atoms with E-state index in [2.05, 4.69) is 53.4 Å². The molecule has 94 valence electrons. The molecule has 0 bridgehead atoms. The summed E-state index contributed by atoms with van der Waals surface area (Å²) < 4.78 is 0. The number of aromatic nitrogens is 2. The summed E-state index contributed by atoms with van der Waals surface area (Å²) in [6.45, 7) is 7.05. The van der Waals surface area contributed by atoms with Crippen LogP contribution in [0, 0.1) is 13.8 Å². The summed E-state index contributed by atoms with van der Waals surface area (Å²) in [5, 5.41) is 3.47. The van der Waals surface area contributed by atoms with E-state index in [0.29, 0.717) is 0 Å². The Morgan fingerprint density at radius 1 is 1.06 bits per heavy atom. The number of nitrogens with zero attached hydrogens (tertiary/aromatic N) is 2. The second kappa shape index (κ2) is 5.74. The van der Waals surface area contributed by atoms with E-state index in [-0.39, 0.29) is 6.04 Å². The van der Waals surface area contributed by atoms with Gasteiger partial charge in [0.25, 0.3) is 0 Å². The zero-order chi connectivity index (χ0) is 13.0. The highest BCUT2D eigenvalue weighted by atomic mass is 14.9. The summed E-state index contributed by atoms with van der Waals surface area (Å²) >= 11 is 0. The topological polar surface area (TPSA) is 37.8 Å². The Kier molecular flexibility index (Phi) is 4.05. The molecule has 1 aromatic heterocycles. The van der Waals surface area contributed by atoms with E-state index >= 15 is 0 Å². The zero-order valence-electron chi connectivity index (χ0n) is 11.1. The number of aryl methyl sites for hydroxylation is 2. The van der Waals surface area contributed by atoms with Gasteiger partial charge in [0, 0.05) is 25.0 Å². The van der Waals surface area contributed by atoms with Gasteiger partial charge in [0.2, 0.25) is 0 Å². The standard InChI is InChI=1S/C15H19N3/c1-11-4-6-14(7-5-11)10-18-13(3)15-12(2)16-8-9-17-15/h4-9,13,18H,10H2,1-3H3. The molecule has 2 aromatic rings. The summed E-state index contributed by atoms with van der Waals surface area (Å²) in [6, 6.07) is 8.78. The first-order valence-electron chi connectivity index (χ1n) is 6.23. The predicted octanol–water partition coefficient (Wildman–Crippen LogP) is 2.94. The molecule has 1 aromatic carbocycles. The van der Waals surface area contributed by atoms with Crippen molar-refractivity contribution < 1.29 is 0 Å². The Bertz CT molecular complexity index is 505. The van der Waals surface area contributed by atoms with Gasteiger partial charge in [0.15, 0.2) is 0 Å². The molecule has 0 aliphatic carbocycles. The molecule has 3 heteroatoms. The van der Waals surface area contributed by atoms with Gasteiger partial charge in [-0.25, -0.2) is 0 Å². The molecule has 0 saturated carbocycles. The SMILES string of the molecule is Cc1ccc(CNC(C)c2nccnc2C)cc1. The largest absolute Gasteiger partial charge is 0.305 e. The van der Waals surface area contributed by atoms with Crippen LogP contribution < -0.4 is 5.32 Å². The van der Waals surface area contributed by atoms with Gasteiger partial charge in [0.1, 0.15) is 0 Å². The van der Waals surface area contributed by atoms with Crippen LogP contribution in [-0.2, 0) is 6.54 Å². The summed E-state index contributed by atoms with van der Waals surface area (Å²) in [4.78, 5) is 8.64. The lowest BCUT2D eigenvalue weighted by Gasteiger charge is -2.14. The smallest absolute Gasteiger partial charge is 0.0782 e. The Balaban J connectivity index is 1.98. The average Bonchev–Trinajstić information content (AvgIpc) is 2.38. The maximum Gasteiger partial charge on any atom is 0.0782 e. The van der Waals surface area contributed by atoms with Gasteiger partial charge in [-0.05, 0) is 26.3 Å². The number of rotatable bonds is 4. The van der Waals surface area contributed by atoms with Crippen molar-refractivity contribution in [2.75, 3.05) is 0 Å². The molecule has 0 fully saturated rings. The molecule has 0 spiro atoms. The van der Waals surface area contributed by atoms with Crippen molar-refractivity contribution in [1.82, 2.24) is 15.3 Å². The van der Waals surface area contributed by atoms with Crippen LogP contribution in [0.15, 0.2) is 36.7 Å². The van der Waals surface area contributed by atoms with E-state index in [4.69, 9.17) is 0 Å². The van der Waals surface area contributed by atoms with Gasteiger partial charge < -0.3 is 5.32 Å². The van der Waals surface area contributed by atoms with Crippen LogP contribution >= 0.6 is 0 Å². The first kappa shape index (κ1) is 12.7. The van der Waals surface area contributed by atoms with Crippen molar-refractivity contribution in [3.05, 3.63) is 59.2 Å². The first-order chi connectivity index (χ1) is 8.66. The molecule has 0 amide bonds. The third-order valence-corrected chi connectivity index (χ3v) is 3.06. The number of nitrogens with one attached hydrogen (secondary N) is 1.